The topological polar surface area (TPSA) is 61.4 Å². The van der Waals surface area contributed by atoms with Crippen molar-refractivity contribution >= 4 is 43.6 Å². The normalized spacial score (nSPS) is 11.5. The van der Waals surface area contributed by atoms with Crippen LogP contribution in [0.15, 0.2) is 218 Å². The molecule has 0 bridgehead atoms. The first-order valence-electron chi connectivity index (χ1n) is 20.8. The number of rotatable bonds is 7. The van der Waals surface area contributed by atoms with Crippen LogP contribution in [0.4, 0.5) is 0 Å². The summed E-state index contributed by atoms with van der Waals surface area (Å²) in [4.78, 5) is 20.9. The maximum atomic E-state index is 5.31. The van der Waals surface area contributed by atoms with E-state index in [2.05, 4.69) is 191 Å². The van der Waals surface area contributed by atoms with Crippen LogP contribution >= 0.6 is 0 Å². The molecule has 0 N–H and O–H groups in total. The minimum absolute atomic E-state index is 0.554. The van der Waals surface area contributed by atoms with Gasteiger partial charge in [-0.25, -0.2) is 9.97 Å². The average Bonchev–Trinajstić information content (AvgIpc) is 3.88. The molecule has 4 heterocycles. The van der Waals surface area contributed by atoms with Gasteiger partial charge < -0.3 is 4.57 Å². The minimum Gasteiger partial charge on any atom is -0.307 e. The Labute approximate surface area is 357 Å². The molecule has 0 unspecified atom stereocenters. The third-order valence-electron chi connectivity index (χ3n) is 11.8. The van der Waals surface area contributed by atoms with Gasteiger partial charge in [-0.15, -0.1) is 0 Å². The Morgan fingerprint density at radius 3 is 1.42 bits per heavy atom. The van der Waals surface area contributed by atoms with E-state index in [4.69, 9.17) is 19.9 Å². The van der Waals surface area contributed by atoms with Crippen LogP contribution in [-0.4, -0.2) is 29.1 Å². The van der Waals surface area contributed by atoms with Crippen molar-refractivity contribution in [2.24, 2.45) is 0 Å². The van der Waals surface area contributed by atoms with E-state index in [0.717, 1.165) is 94.1 Å². The van der Waals surface area contributed by atoms with Crippen molar-refractivity contribution in [1.82, 2.24) is 29.1 Å². The van der Waals surface area contributed by atoms with Crippen LogP contribution < -0.4 is 0 Å². The maximum Gasteiger partial charge on any atom is 0.238 e. The van der Waals surface area contributed by atoms with Gasteiger partial charge in [-0.3, -0.25) is 4.57 Å². The fraction of sp³-hybridized carbons (Fsp3) is 0. The lowest BCUT2D eigenvalue weighted by molar-refractivity contribution is 0.953. The molecule has 4 aromatic heterocycles. The Morgan fingerprint density at radius 1 is 0.290 bits per heavy atom. The fourth-order valence-corrected chi connectivity index (χ4v) is 9.00. The van der Waals surface area contributed by atoms with Crippen molar-refractivity contribution in [1.29, 1.82) is 0 Å². The molecule has 6 heteroatoms. The molecule has 12 aromatic rings. The van der Waals surface area contributed by atoms with Gasteiger partial charge in [0.05, 0.1) is 33.5 Å². The van der Waals surface area contributed by atoms with E-state index < -0.39 is 0 Å². The lowest BCUT2D eigenvalue weighted by atomic mass is 9.97. The van der Waals surface area contributed by atoms with Gasteiger partial charge in [-0.1, -0.05) is 182 Å². The summed E-state index contributed by atoms with van der Waals surface area (Å²) in [5.41, 5.74) is 13.4. The van der Waals surface area contributed by atoms with Crippen molar-refractivity contribution in [3.8, 4) is 68.1 Å². The molecule has 0 spiro atoms. The summed E-state index contributed by atoms with van der Waals surface area (Å²) in [7, 11) is 0. The molecule has 0 aliphatic rings. The first kappa shape index (κ1) is 35.5. The Bertz CT molecular complexity index is 3570. The van der Waals surface area contributed by atoms with Gasteiger partial charge in [0.25, 0.3) is 0 Å². The second-order valence-electron chi connectivity index (χ2n) is 15.4. The Hall–Kier alpha value is -8.48. The van der Waals surface area contributed by atoms with Gasteiger partial charge in [0.1, 0.15) is 0 Å². The molecule has 62 heavy (non-hydrogen) atoms. The van der Waals surface area contributed by atoms with Crippen LogP contribution in [-0.2, 0) is 0 Å². The molecule has 6 nitrogen and oxygen atoms in total. The summed E-state index contributed by atoms with van der Waals surface area (Å²) < 4.78 is 4.64. The van der Waals surface area contributed by atoms with Crippen LogP contribution in [0, 0.1) is 0 Å². The van der Waals surface area contributed by atoms with Crippen LogP contribution in [0.1, 0.15) is 0 Å². The van der Waals surface area contributed by atoms with Gasteiger partial charge in [-0.05, 0) is 47.5 Å². The number of hydrogen-bond acceptors (Lipinski definition) is 4. The standard InChI is InChI=1S/C56H36N6/c1-4-18-37(19-5-1)42-26-10-11-27-43(42)49-31-17-30-48(57-49)40-24-16-25-41(36-40)61-50-32-14-12-28-44(50)46-34-35-47-45-29-13-15-33-51(45)62(53(47)52(46)61)56-59-54(38-20-6-2-7-21-38)58-55(60-56)39-22-8-3-9-23-39/h1-36H. The number of fused-ring (bicyclic) bond motifs is 7. The molecule has 0 atom stereocenters. The smallest absolute Gasteiger partial charge is 0.238 e. The highest BCUT2D eigenvalue weighted by molar-refractivity contribution is 6.23. The predicted octanol–water partition coefficient (Wildman–Crippen LogP) is 13.8. The summed E-state index contributed by atoms with van der Waals surface area (Å²) in [5.74, 6) is 1.78. The van der Waals surface area contributed by atoms with Gasteiger partial charge in [0.15, 0.2) is 11.6 Å². The molecule has 290 valence electrons. The zero-order valence-corrected chi connectivity index (χ0v) is 33.5. The van der Waals surface area contributed by atoms with Crippen molar-refractivity contribution in [2.75, 3.05) is 0 Å². The van der Waals surface area contributed by atoms with Crippen molar-refractivity contribution in [3.05, 3.63) is 218 Å². The number of benzene rings is 8. The number of hydrogen-bond donors (Lipinski definition) is 0. The highest BCUT2D eigenvalue weighted by Crippen LogP contribution is 2.42. The third-order valence-corrected chi connectivity index (χ3v) is 11.8. The molecule has 0 saturated carbocycles. The van der Waals surface area contributed by atoms with E-state index in [0.29, 0.717) is 17.6 Å². The Kier molecular flexibility index (Phi) is 8.38. The minimum atomic E-state index is 0.554. The number of nitrogens with zero attached hydrogens (tertiary/aromatic N) is 6. The largest absolute Gasteiger partial charge is 0.307 e. The van der Waals surface area contributed by atoms with Gasteiger partial charge in [0, 0.05) is 49.5 Å². The van der Waals surface area contributed by atoms with Crippen molar-refractivity contribution < 1.29 is 0 Å². The Morgan fingerprint density at radius 2 is 0.774 bits per heavy atom. The second-order valence-corrected chi connectivity index (χ2v) is 15.4. The third kappa shape index (κ3) is 5.88. The lowest BCUT2D eigenvalue weighted by Gasteiger charge is -2.14. The highest BCUT2D eigenvalue weighted by Gasteiger charge is 2.24. The van der Waals surface area contributed by atoms with Crippen LogP contribution in [0.25, 0.3) is 112 Å². The first-order valence-corrected chi connectivity index (χ1v) is 20.8. The van der Waals surface area contributed by atoms with Crippen LogP contribution in [0.5, 0.6) is 0 Å². The van der Waals surface area contributed by atoms with Gasteiger partial charge in [-0.2, -0.15) is 9.97 Å². The summed E-state index contributed by atoms with van der Waals surface area (Å²) in [6, 6.07) is 76.1. The molecule has 0 fully saturated rings. The SMILES string of the molecule is c1ccc(-c2nc(-c3ccccc3)nc(-n3c4ccccc4c4ccc5c6ccccc6n(-c6cccc(-c7cccc(-c8ccccc8-c8ccccc8)n7)c6)c5c43)n2)cc1. The van der Waals surface area contributed by atoms with E-state index >= 15 is 0 Å². The molecule has 0 aliphatic carbocycles. The molecule has 0 saturated heterocycles. The van der Waals surface area contributed by atoms with Gasteiger partial charge in [0.2, 0.25) is 5.95 Å². The van der Waals surface area contributed by atoms with Crippen LogP contribution in [0.3, 0.4) is 0 Å². The van der Waals surface area contributed by atoms with Crippen LogP contribution in [0.2, 0.25) is 0 Å². The quantitative estimate of drug-likeness (QED) is 0.161. The number of aromatic nitrogens is 6. The zero-order valence-electron chi connectivity index (χ0n) is 33.5. The fourth-order valence-electron chi connectivity index (χ4n) is 9.00. The van der Waals surface area contributed by atoms with E-state index in [1.54, 1.807) is 0 Å². The van der Waals surface area contributed by atoms with E-state index in [1.807, 2.05) is 36.4 Å². The Balaban J connectivity index is 1.11. The number of pyridine rings is 1. The van der Waals surface area contributed by atoms with E-state index in [1.165, 1.54) is 0 Å². The summed E-state index contributed by atoms with van der Waals surface area (Å²) in [5, 5.41) is 4.54. The summed E-state index contributed by atoms with van der Waals surface area (Å²) >= 11 is 0. The maximum absolute atomic E-state index is 5.31. The molecular formula is C56H36N6. The molecule has 8 aromatic carbocycles. The predicted molar refractivity (Wildman–Crippen MR) is 253 cm³/mol. The molecule has 0 radical (unpaired) electrons. The monoisotopic (exact) mass is 792 g/mol. The second kappa shape index (κ2) is 14.7. The van der Waals surface area contributed by atoms with E-state index in [-0.39, 0.29) is 0 Å². The number of para-hydroxylation sites is 2. The average molecular weight is 793 g/mol. The molecule has 0 amide bonds. The van der Waals surface area contributed by atoms with Crippen molar-refractivity contribution in [2.45, 2.75) is 0 Å². The van der Waals surface area contributed by atoms with Crippen molar-refractivity contribution in [3.63, 3.8) is 0 Å². The molecule has 0 aliphatic heterocycles. The van der Waals surface area contributed by atoms with E-state index in [9.17, 15) is 0 Å². The lowest BCUT2D eigenvalue weighted by Crippen LogP contribution is -2.07. The zero-order chi connectivity index (χ0) is 41.0. The van der Waals surface area contributed by atoms with Gasteiger partial charge >= 0.3 is 0 Å². The summed E-state index contributed by atoms with van der Waals surface area (Å²) in [6.07, 6.45) is 0. The summed E-state index contributed by atoms with van der Waals surface area (Å²) in [6.45, 7) is 0. The first-order chi connectivity index (χ1) is 30.8. The highest BCUT2D eigenvalue weighted by atomic mass is 15.2. The molecular weight excluding hydrogens is 757 g/mol. The molecule has 12 rings (SSSR count).